The molecule has 0 bridgehead atoms. The van der Waals surface area contributed by atoms with Crippen molar-refractivity contribution in [3.8, 4) is 5.75 Å². The van der Waals surface area contributed by atoms with Crippen molar-refractivity contribution in [2.24, 2.45) is 0 Å². The zero-order chi connectivity index (χ0) is 21.9. The number of ether oxygens (including phenoxy) is 2. The number of halogens is 1. The Bertz CT molecular complexity index is 812. The predicted octanol–water partition coefficient (Wildman–Crippen LogP) is -0.674. The quantitative estimate of drug-likeness (QED) is 0.351. The molecule has 0 aliphatic rings. The average molecular weight is 420 g/mol. The molecule has 0 unspecified atom stereocenters. The lowest BCUT2D eigenvalue weighted by atomic mass is 9.77. The van der Waals surface area contributed by atoms with E-state index in [0.717, 1.165) is 0 Å². The van der Waals surface area contributed by atoms with Crippen molar-refractivity contribution in [3.63, 3.8) is 0 Å². The molecule has 160 valence electrons. The summed E-state index contributed by atoms with van der Waals surface area (Å²) >= 11 is 0. The molecule has 0 radical (unpaired) electrons. The van der Waals surface area contributed by atoms with Crippen molar-refractivity contribution in [2.75, 3.05) is 20.3 Å². The standard InChI is InChI=1S/C18H22BFN4O6/c1-29-11-15(23-17(25)14-10-21-7-8-22-14)18(26)24-16(19(27)28)6-9-30-13-4-2-12(20)3-5-13/h2-5,7-8,10,15-16,27-28H,6,9,11H2,1H3,(H,23,25)(H,24,26)/t15-,16+/m1/s1. The Hall–Kier alpha value is -3.09. The van der Waals surface area contributed by atoms with Gasteiger partial charge in [-0.1, -0.05) is 0 Å². The summed E-state index contributed by atoms with van der Waals surface area (Å²) in [5, 5.41) is 24.0. The molecule has 0 saturated carbocycles. The van der Waals surface area contributed by atoms with Gasteiger partial charge in [0, 0.05) is 25.9 Å². The van der Waals surface area contributed by atoms with E-state index in [4.69, 9.17) is 9.47 Å². The highest BCUT2D eigenvalue weighted by molar-refractivity contribution is 6.43. The molecule has 4 N–H and O–H groups in total. The maximum absolute atomic E-state index is 12.9. The van der Waals surface area contributed by atoms with Crippen LogP contribution in [0.2, 0.25) is 0 Å². The monoisotopic (exact) mass is 420 g/mol. The van der Waals surface area contributed by atoms with Gasteiger partial charge in [0.25, 0.3) is 5.91 Å². The van der Waals surface area contributed by atoms with Crippen LogP contribution in [0.15, 0.2) is 42.9 Å². The van der Waals surface area contributed by atoms with Crippen LogP contribution < -0.4 is 15.4 Å². The van der Waals surface area contributed by atoms with Gasteiger partial charge in [-0.15, -0.1) is 0 Å². The third-order valence-electron chi connectivity index (χ3n) is 3.95. The van der Waals surface area contributed by atoms with Gasteiger partial charge in [0.2, 0.25) is 5.91 Å². The molecule has 0 saturated heterocycles. The highest BCUT2D eigenvalue weighted by Gasteiger charge is 2.29. The van der Waals surface area contributed by atoms with Gasteiger partial charge in [-0.05, 0) is 24.3 Å². The lowest BCUT2D eigenvalue weighted by Crippen LogP contribution is -2.55. The Balaban J connectivity index is 1.92. The minimum Gasteiger partial charge on any atom is -0.494 e. The van der Waals surface area contributed by atoms with E-state index in [-0.39, 0.29) is 25.3 Å². The van der Waals surface area contributed by atoms with E-state index in [1.54, 1.807) is 0 Å². The maximum Gasteiger partial charge on any atom is 0.475 e. The second kappa shape index (κ2) is 11.8. The third kappa shape index (κ3) is 7.39. The molecule has 1 heterocycles. The summed E-state index contributed by atoms with van der Waals surface area (Å²) in [7, 11) is -0.520. The topological polar surface area (TPSA) is 143 Å². The van der Waals surface area contributed by atoms with Gasteiger partial charge in [-0.3, -0.25) is 14.6 Å². The Morgan fingerprint density at radius 1 is 1.20 bits per heavy atom. The van der Waals surface area contributed by atoms with Crippen LogP contribution in [0.1, 0.15) is 16.9 Å². The molecule has 1 aromatic heterocycles. The number of rotatable bonds is 11. The molecular formula is C18H22BFN4O6. The van der Waals surface area contributed by atoms with Crippen LogP contribution in [-0.4, -0.2) is 71.3 Å². The highest BCUT2D eigenvalue weighted by atomic mass is 19.1. The first kappa shape index (κ1) is 23.2. The second-order valence-electron chi connectivity index (χ2n) is 6.19. The molecule has 0 aliphatic heterocycles. The highest BCUT2D eigenvalue weighted by Crippen LogP contribution is 2.11. The molecule has 2 rings (SSSR count). The molecule has 0 aliphatic carbocycles. The van der Waals surface area contributed by atoms with Gasteiger partial charge in [0.05, 0.1) is 25.4 Å². The van der Waals surface area contributed by atoms with Crippen LogP contribution >= 0.6 is 0 Å². The maximum atomic E-state index is 12.9. The molecule has 0 spiro atoms. The molecule has 0 fully saturated rings. The Labute approximate surface area is 172 Å². The summed E-state index contributed by atoms with van der Waals surface area (Å²) in [6, 6.07) is 4.20. The van der Waals surface area contributed by atoms with Gasteiger partial charge in [-0.25, -0.2) is 9.37 Å². The van der Waals surface area contributed by atoms with Gasteiger partial charge in [0.15, 0.2) is 0 Å². The molecule has 30 heavy (non-hydrogen) atoms. The number of nitrogens with one attached hydrogen (secondary N) is 2. The number of carbonyl (C=O) groups is 2. The van der Waals surface area contributed by atoms with Crippen LogP contribution in [0.5, 0.6) is 5.75 Å². The fraction of sp³-hybridized carbons (Fsp3) is 0.333. The van der Waals surface area contributed by atoms with E-state index in [1.807, 2.05) is 0 Å². The lowest BCUT2D eigenvalue weighted by Gasteiger charge is -2.22. The van der Waals surface area contributed by atoms with Crippen LogP contribution in [0.4, 0.5) is 4.39 Å². The number of hydrogen-bond donors (Lipinski definition) is 4. The van der Waals surface area contributed by atoms with Crippen molar-refractivity contribution >= 4 is 18.9 Å². The normalized spacial score (nSPS) is 12.5. The smallest absolute Gasteiger partial charge is 0.475 e. The van der Waals surface area contributed by atoms with Gasteiger partial charge >= 0.3 is 7.12 Å². The van der Waals surface area contributed by atoms with Crippen LogP contribution in [0.3, 0.4) is 0 Å². The van der Waals surface area contributed by atoms with E-state index >= 15 is 0 Å². The molecular weight excluding hydrogens is 398 g/mol. The summed E-state index contributed by atoms with van der Waals surface area (Å²) < 4.78 is 23.3. The number of nitrogens with zero attached hydrogens (tertiary/aromatic N) is 2. The van der Waals surface area contributed by atoms with Gasteiger partial charge in [-0.2, -0.15) is 0 Å². The summed E-state index contributed by atoms with van der Waals surface area (Å²) in [6.07, 6.45) is 4.01. The van der Waals surface area contributed by atoms with Crippen molar-refractivity contribution in [2.45, 2.75) is 18.4 Å². The van der Waals surface area contributed by atoms with Gasteiger partial charge < -0.3 is 30.2 Å². The fourth-order valence-corrected chi connectivity index (χ4v) is 2.41. The Morgan fingerprint density at radius 3 is 2.53 bits per heavy atom. The van der Waals surface area contributed by atoms with E-state index in [9.17, 15) is 24.0 Å². The number of benzene rings is 1. The van der Waals surface area contributed by atoms with Gasteiger partial charge in [0.1, 0.15) is 23.3 Å². The van der Waals surface area contributed by atoms with E-state index in [1.165, 1.54) is 50.0 Å². The van der Waals surface area contributed by atoms with E-state index < -0.39 is 36.7 Å². The number of carbonyl (C=O) groups excluding carboxylic acids is 2. The second-order valence-corrected chi connectivity index (χ2v) is 6.19. The summed E-state index contributed by atoms with van der Waals surface area (Å²) in [4.78, 5) is 32.4. The first-order chi connectivity index (χ1) is 14.4. The Morgan fingerprint density at radius 2 is 1.93 bits per heavy atom. The van der Waals surface area contributed by atoms with Crippen molar-refractivity contribution in [1.82, 2.24) is 20.6 Å². The molecule has 10 nitrogen and oxygen atoms in total. The van der Waals surface area contributed by atoms with E-state index in [0.29, 0.717) is 5.75 Å². The number of aromatic nitrogens is 2. The van der Waals surface area contributed by atoms with Crippen LogP contribution in [-0.2, 0) is 9.53 Å². The Kier molecular flexibility index (Phi) is 9.13. The van der Waals surface area contributed by atoms with Crippen molar-refractivity contribution in [1.29, 1.82) is 0 Å². The fourth-order valence-electron chi connectivity index (χ4n) is 2.41. The van der Waals surface area contributed by atoms with Crippen molar-refractivity contribution in [3.05, 3.63) is 54.4 Å². The average Bonchev–Trinajstić information content (AvgIpc) is 2.74. The molecule has 2 aromatic rings. The number of hydrogen-bond acceptors (Lipinski definition) is 8. The molecule has 1 aromatic carbocycles. The molecule has 2 amide bonds. The minimum atomic E-state index is -1.87. The largest absolute Gasteiger partial charge is 0.494 e. The lowest BCUT2D eigenvalue weighted by molar-refractivity contribution is -0.124. The zero-order valence-corrected chi connectivity index (χ0v) is 16.2. The summed E-state index contributed by atoms with van der Waals surface area (Å²) in [5.74, 6) is -2.42. The minimum absolute atomic E-state index is 0.0119. The molecule has 12 heteroatoms. The van der Waals surface area contributed by atoms with Crippen LogP contribution in [0, 0.1) is 5.82 Å². The number of amides is 2. The van der Waals surface area contributed by atoms with Crippen LogP contribution in [0.25, 0.3) is 0 Å². The SMILES string of the molecule is COC[C@@H](NC(=O)c1cnccn1)C(=O)N[C@@H](CCOc1ccc(F)cc1)B(O)O. The first-order valence-electron chi connectivity index (χ1n) is 9.01. The van der Waals surface area contributed by atoms with Crippen molar-refractivity contribution < 1.29 is 33.5 Å². The predicted molar refractivity (Wildman–Crippen MR) is 104 cm³/mol. The zero-order valence-electron chi connectivity index (χ0n) is 16.2. The molecule has 2 atom stereocenters. The summed E-state index contributed by atoms with van der Waals surface area (Å²) in [5.41, 5.74) is 0.0119. The third-order valence-corrected chi connectivity index (χ3v) is 3.95. The number of methoxy groups -OCH3 is 1. The summed E-state index contributed by atoms with van der Waals surface area (Å²) in [6.45, 7) is -0.132. The first-order valence-corrected chi connectivity index (χ1v) is 9.01. The van der Waals surface area contributed by atoms with E-state index in [2.05, 4.69) is 20.6 Å².